The minimum absolute atomic E-state index is 0.379. The Labute approximate surface area is 76.9 Å². The summed E-state index contributed by atoms with van der Waals surface area (Å²) in [6.45, 7) is 1.50. The number of methoxy groups -OCH3 is 1. The van der Waals surface area contributed by atoms with E-state index in [1.807, 2.05) is 12.1 Å². The lowest BCUT2D eigenvalue weighted by atomic mass is 10.2. The summed E-state index contributed by atoms with van der Waals surface area (Å²) in [4.78, 5) is 4.18. The van der Waals surface area contributed by atoms with Gasteiger partial charge in [0.15, 0.2) is 11.6 Å². The Bertz CT molecular complexity index is 287. The molecule has 4 nitrogen and oxygen atoms in total. The van der Waals surface area contributed by atoms with Crippen LogP contribution in [0.1, 0.15) is 0 Å². The van der Waals surface area contributed by atoms with E-state index in [2.05, 4.69) is 10.3 Å². The molecule has 0 bridgehead atoms. The Morgan fingerprint density at radius 1 is 1.62 bits per heavy atom. The van der Waals surface area contributed by atoms with E-state index in [4.69, 9.17) is 9.47 Å². The molecule has 1 aliphatic heterocycles. The predicted octanol–water partition coefficient (Wildman–Crippen LogP) is 0.901. The first-order chi connectivity index (χ1) is 6.40. The predicted molar refractivity (Wildman–Crippen MR) is 49.0 cm³/mol. The molecule has 1 N–H and O–H groups in total. The number of hydrogen-bond donors (Lipinski definition) is 1. The lowest BCUT2D eigenvalue weighted by Gasteiger charge is -2.27. The van der Waals surface area contributed by atoms with Gasteiger partial charge in [0.05, 0.1) is 26.4 Å². The molecule has 70 valence electrons. The van der Waals surface area contributed by atoms with E-state index in [1.54, 1.807) is 13.3 Å². The third-order valence-corrected chi connectivity index (χ3v) is 1.97. The smallest absolute Gasteiger partial charge is 0.169 e. The minimum atomic E-state index is 0.379. The molecular formula is C9H12N2O2. The van der Waals surface area contributed by atoms with Gasteiger partial charge < -0.3 is 14.8 Å². The van der Waals surface area contributed by atoms with Crippen molar-refractivity contribution in [3.63, 3.8) is 0 Å². The zero-order chi connectivity index (χ0) is 9.10. The summed E-state index contributed by atoms with van der Waals surface area (Å²) in [7, 11) is 1.64. The number of ether oxygens (including phenoxy) is 2. The molecule has 1 saturated heterocycles. The summed E-state index contributed by atoms with van der Waals surface area (Å²) in [5.74, 6) is 1.56. The van der Waals surface area contributed by atoms with Gasteiger partial charge >= 0.3 is 0 Å². The molecule has 0 aromatic carbocycles. The number of anilines is 1. The van der Waals surface area contributed by atoms with Gasteiger partial charge in [0.25, 0.3) is 0 Å². The van der Waals surface area contributed by atoms with Crippen molar-refractivity contribution in [2.24, 2.45) is 0 Å². The molecule has 0 radical (unpaired) electrons. The molecule has 13 heavy (non-hydrogen) atoms. The molecule has 0 spiro atoms. The number of nitrogens with zero attached hydrogens (tertiary/aromatic N) is 1. The Morgan fingerprint density at radius 3 is 3.08 bits per heavy atom. The SMILES string of the molecule is COc1cccnc1NC1COC1. The number of pyridine rings is 1. The Kier molecular flexibility index (Phi) is 2.31. The van der Waals surface area contributed by atoms with Gasteiger partial charge in [0, 0.05) is 6.20 Å². The largest absolute Gasteiger partial charge is 0.493 e. The van der Waals surface area contributed by atoms with E-state index in [9.17, 15) is 0 Å². The van der Waals surface area contributed by atoms with Crippen LogP contribution in [-0.4, -0.2) is 31.3 Å². The van der Waals surface area contributed by atoms with Crippen LogP contribution in [0.25, 0.3) is 0 Å². The second-order valence-corrected chi connectivity index (χ2v) is 2.93. The Balaban J connectivity index is 2.08. The van der Waals surface area contributed by atoms with Gasteiger partial charge in [-0.05, 0) is 12.1 Å². The van der Waals surface area contributed by atoms with E-state index in [0.29, 0.717) is 6.04 Å². The van der Waals surface area contributed by atoms with Crippen molar-refractivity contribution in [1.29, 1.82) is 0 Å². The van der Waals surface area contributed by atoms with Crippen LogP contribution in [0, 0.1) is 0 Å². The van der Waals surface area contributed by atoms with Crippen LogP contribution in [0.4, 0.5) is 5.82 Å². The van der Waals surface area contributed by atoms with Gasteiger partial charge in [-0.2, -0.15) is 0 Å². The third-order valence-electron chi connectivity index (χ3n) is 1.97. The average Bonchev–Trinajstić information content (AvgIpc) is 2.12. The number of nitrogens with one attached hydrogen (secondary N) is 1. The maximum Gasteiger partial charge on any atom is 0.169 e. The first-order valence-electron chi connectivity index (χ1n) is 4.23. The average molecular weight is 180 g/mol. The Hall–Kier alpha value is -1.29. The fraction of sp³-hybridized carbons (Fsp3) is 0.444. The molecule has 1 aromatic heterocycles. The highest BCUT2D eigenvalue weighted by Gasteiger charge is 2.19. The van der Waals surface area contributed by atoms with Crippen molar-refractivity contribution in [1.82, 2.24) is 4.98 Å². The summed E-state index contributed by atoms with van der Waals surface area (Å²) < 4.78 is 10.2. The third kappa shape index (κ3) is 1.72. The lowest BCUT2D eigenvalue weighted by molar-refractivity contribution is 0.0208. The normalized spacial score (nSPS) is 16.4. The molecule has 0 aliphatic carbocycles. The van der Waals surface area contributed by atoms with Crippen LogP contribution in [0.15, 0.2) is 18.3 Å². The van der Waals surface area contributed by atoms with Crippen molar-refractivity contribution in [2.45, 2.75) is 6.04 Å². The molecule has 0 unspecified atom stereocenters. The van der Waals surface area contributed by atoms with E-state index in [0.717, 1.165) is 24.8 Å². The summed E-state index contributed by atoms with van der Waals surface area (Å²) in [6, 6.07) is 4.11. The monoisotopic (exact) mass is 180 g/mol. The van der Waals surface area contributed by atoms with Crippen LogP contribution in [0.3, 0.4) is 0 Å². The fourth-order valence-electron chi connectivity index (χ4n) is 1.18. The molecule has 1 aliphatic rings. The molecule has 0 saturated carbocycles. The van der Waals surface area contributed by atoms with Crippen LogP contribution >= 0.6 is 0 Å². The maximum atomic E-state index is 5.15. The topological polar surface area (TPSA) is 43.4 Å². The molecule has 4 heteroatoms. The van der Waals surface area contributed by atoms with Gasteiger partial charge in [0.2, 0.25) is 0 Å². The van der Waals surface area contributed by atoms with Crippen molar-refractivity contribution >= 4 is 5.82 Å². The summed E-state index contributed by atoms with van der Waals surface area (Å²) >= 11 is 0. The van der Waals surface area contributed by atoms with E-state index in [-0.39, 0.29) is 0 Å². The van der Waals surface area contributed by atoms with Gasteiger partial charge in [-0.1, -0.05) is 0 Å². The summed E-state index contributed by atoms with van der Waals surface area (Å²) in [6.07, 6.45) is 1.74. The van der Waals surface area contributed by atoms with Crippen LogP contribution < -0.4 is 10.1 Å². The van der Waals surface area contributed by atoms with Crippen LogP contribution in [0.2, 0.25) is 0 Å². The van der Waals surface area contributed by atoms with Crippen molar-refractivity contribution in [3.8, 4) is 5.75 Å². The lowest BCUT2D eigenvalue weighted by Crippen LogP contribution is -2.40. The van der Waals surface area contributed by atoms with E-state index in [1.165, 1.54) is 0 Å². The van der Waals surface area contributed by atoms with Gasteiger partial charge in [-0.3, -0.25) is 0 Å². The molecule has 0 amide bonds. The zero-order valence-corrected chi connectivity index (χ0v) is 7.49. The van der Waals surface area contributed by atoms with Crippen molar-refractivity contribution < 1.29 is 9.47 Å². The minimum Gasteiger partial charge on any atom is -0.493 e. The number of aromatic nitrogens is 1. The van der Waals surface area contributed by atoms with Gasteiger partial charge in [0.1, 0.15) is 0 Å². The molecule has 2 heterocycles. The van der Waals surface area contributed by atoms with E-state index >= 15 is 0 Å². The van der Waals surface area contributed by atoms with E-state index < -0.39 is 0 Å². The van der Waals surface area contributed by atoms with Crippen molar-refractivity contribution in [3.05, 3.63) is 18.3 Å². The second kappa shape index (κ2) is 3.62. The quantitative estimate of drug-likeness (QED) is 0.750. The first kappa shape index (κ1) is 8.31. The van der Waals surface area contributed by atoms with Gasteiger partial charge in [-0.15, -0.1) is 0 Å². The molecule has 1 fully saturated rings. The summed E-state index contributed by atoms with van der Waals surface area (Å²) in [5.41, 5.74) is 0. The fourth-order valence-corrected chi connectivity index (χ4v) is 1.18. The highest BCUT2D eigenvalue weighted by Crippen LogP contribution is 2.21. The van der Waals surface area contributed by atoms with Crippen molar-refractivity contribution in [2.75, 3.05) is 25.6 Å². The molecular weight excluding hydrogens is 168 g/mol. The molecule has 1 aromatic rings. The highest BCUT2D eigenvalue weighted by atomic mass is 16.5. The van der Waals surface area contributed by atoms with Gasteiger partial charge in [-0.25, -0.2) is 4.98 Å². The van der Waals surface area contributed by atoms with Crippen LogP contribution in [-0.2, 0) is 4.74 Å². The maximum absolute atomic E-state index is 5.15. The highest BCUT2D eigenvalue weighted by molar-refractivity contribution is 5.50. The molecule has 2 rings (SSSR count). The number of hydrogen-bond acceptors (Lipinski definition) is 4. The Morgan fingerprint density at radius 2 is 2.46 bits per heavy atom. The standard InChI is InChI=1S/C9H12N2O2/c1-12-8-3-2-4-10-9(8)11-7-5-13-6-7/h2-4,7H,5-6H2,1H3,(H,10,11). The zero-order valence-electron chi connectivity index (χ0n) is 7.49. The second-order valence-electron chi connectivity index (χ2n) is 2.93. The summed E-state index contributed by atoms with van der Waals surface area (Å²) in [5, 5.41) is 3.24. The van der Waals surface area contributed by atoms with Crippen LogP contribution in [0.5, 0.6) is 5.75 Å². The first-order valence-corrected chi connectivity index (χ1v) is 4.23. The number of rotatable bonds is 3. The molecule has 0 atom stereocenters.